The summed E-state index contributed by atoms with van der Waals surface area (Å²) in [5, 5.41) is 4.54. The van der Waals surface area contributed by atoms with Crippen LogP contribution in [0.1, 0.15) is 35.6 Å². The average molecular weight is 608 g/mol. The van der Waals surface area contributed by atoms with Crippen molar-refractivity contribution in [3.8, 4) is 0 Å². The molecule has 2 N–H and O–H groups in total. The summed E-state index contributed by atoms with van der Waals surface area (Å²) in [5.74, 6) is 0.354. The molecular formula is C28H29F4N5O2S2. The van der Waals surface area contributed by atoms with Gasteiger partial charge in [-0.05, 0) is 80.6 Å². The van der Waals surface area contributed by atoms with Crippen LogP contribution < -0.4 is 5.73 Å². The van der Waals surface area contributed by atoms with Crippen LogP contribution in [0.2, 0.25) is 0 Å². The first-order chi connectivity index (χ1) is 19.4. The fraction of sp³-hybridized carbons (Fsp3) is 0.357. The maximum atomic E-state index is 13.2. The van der Waals surface area contributed by atoms with Gasteiger partial charge >= 0.3 is 6.18 Å². The highest BCUT2D eigenvalue weighted by Crippen LogP contribution is 2.49. The van der Waals surface area contributed by atoms with E-state index in [0.29, 0.717) is 51.2 Å². The van der Waals surface area contributed by atoms with Gasteiger partial charge in [-0.2, -0.15) is 18.3 Å². The number of allylic oxidation sites excluding steroid dienone is 3. The van der Waals surface area contributed by atoms with Crippen LogP contribution in [0.4, 0.5) is 23.2 Å². The quantitative estimate of drug-likeness (QED) is 0.280. The predicted octanol–water partition coefficient (Wildman–Crippen LogP) is 6.07. The molecule has 0 amide bonds. The Morgan fingerprint density at radius 1 is 1.27 bits per heavy atom. The third kappa shape index (κ3) is 7.45. The maximum absolute atomic E-state index is 13.2. The van der Waals surface area contributed by atoms with Crippen molar-refractivity contribution in [3.63, 3.8) is 0 Å². The second-order valence-corrected chi connectivity index (χ2v) is 12.7. The van der Waals surface area contributed by atoms with Crippen LogP contribution in [0.3, 0.4) is 0 Å². The fourth-order valence-electron chi connectivity index (χ4n) is 4.98. The van der Waals surface area contributed by atoms with Gasteiger partial charge in [-0.1, -0.05) is 5.57 Å². The van der Waals surface area contributed by atoms with Gasteiger partial charge in [-0.3, -0.25) is 8.89 Å². The van der Waals surface area contributed by atoms with Crippen LogP contribution in [0.5, 0.6) is 0 Å². The van der Waals surface area contributed by atoms with Gasteiger partial charge in [0, 0.05) is 19.0 Å². The Kier molecular flexibility index (Phi) is 9.37. The molecule has 2 aliphatic carbocycles. The molecule has 1 aromatic carbocycles. The summed E-state index contributed by atoms with van der Waals surface area (Å²) in [5.41, 5.74) is 8.42. The molecule has 13 heteroatoms. The second-order valence-electron chi connectivity index (χ2n) is 10.00. The zero-order valence-electron chi connectivity index (χ0n) is 22.4. The second kappa shape index (κ2) is 12.6. The molecule has 218 valence electrons. The van der Waals surface area contributed by atoms with Crippen molar-refractivity contribution >= 4 is 39.8 Å². The van der Waals surface area contributed by atoms with Crippen molar-refractivity contribution in [2.75, 3.05) is 5.75 Å². The van der Waals surface area contributed by atoms with Gasteiger partial charge in [0.15, 0.2) is 0 Å². The smallest absolute Gasteiger partial charge is 0.404 e. The summed E-state index contributed by atoms with van der Waals surface area (Å²) in [7, 11) is 0.648. The third-order valence-corrected chi connectivity index (χ3v) is 9.46. The maximum Gasteiger partial charge on any atom is 0.427 e. The van der Waals surface area contributed by atoms with Crippen molar-refractivity contribution in [2.24, 2.45) is 29.1 Å². The number of aldehydes is 1. The largest absolute Gasteiger partial charge is 0.427 e. The normalized spacial score (nSPS) is 23.4. The molecule has 0 spiro atoms. The Bertz CT molecular complexity index is 1510. The number of hydrogen-bond acceptors (Lipinski definition) is 7. The van der Waals surface area contributed by atoms with Crippen LogP contribution in [0.15, 0.2) is 76.2 Å². The van der Waals surface area contributed by atoms with Crippen LogP contribution in [0.25, 0.3) is 0 Å². The average Bonchev–Trinajstić information content (AvgIpc) is 3.58. The van der Waals surface area contributed by atoms with E-state index in [2.05, 4.69) is 15.1 Å². The number of aromatic nitrogens is 3. The Balaban J connectivity index is 0.000000328. The molecule has 3 unspecified atom stereocenters. The number of hydrogen-bond donors (Lipinski definition) is 1. The zero-order chi connectivity index (χ0) is 29.8. The minimum atomic E-state index is -4.23. The summed E-state index contributed by atoms with van der Waals surface area (Å²) >= 11 is 0.659. The highest BCUT2D eigenvalue weighted by molar-refractivity contribution is 7.85. The van der Waals surface area contributed by atoms with Crippen molar-refractivity contribution < 1.29 is 26.6 Å². The van der Waals surface area contributed by atoms with Gasteiger partial charge in [0.25, 0.3) is 0 Å². The first-order valence-electron chi connectivity index (χ1n) is 12.7. The molecule has 3 aromatic rings. The molecule has 0 aliphatic heterocycles. The SMILES string of the molecule is Cc1ncc(C(F)(F)F)s1.Cn1cc(S(=O)CC2CCC3=CC(=Nc4ccc(F)cc4)/C(=C\N)CC3(C=O)C2)cn1. The van der Waals surface area contributed by atoms with E-state index >= 15 is 0 Å². The van der Waals surface area contributed by atoms with Crippen molar-refractivity contribution in [1.82, 2.24) is 14.8 Å². The van der Waals surface area contributed by atoms with Crippen molar-refractivity contribution in [1.29, 1.82) is 0 Å². The molecule has 0 bridgehead atoms. The van der Waals surface area contributed by atoms with E-state index in [1.54, 1.807) is 43.2 Å². The number of thiazole rings is 1. The van der Waals surface area contributed by atoms with Gasteiger partial charge in [0.05, 0.1) is 49.9 Å². The Morgan fingerprint density at radius 3 is 2.54 bits per heavy atom. The van der Waals surface area contributed by atoms with E-state index in [1.807, 2.05) is 6.08 Å². The highest BCUT2D eigenvalue weighted by atomic mass is 32.2. The highest BCUT2D eigenvalue weighted by Gasteiger charge is 2.44. The molecule has 0 saturated heterocycles. The Morgan fingerprint density at radius 2 is 2.00 bits per heavy atom. The number of benzene rings is 1. The molecule has 1 saturated carbocycles. The zero-order valence-corrected chi connectivity index (χ0v) is 24.0. The van der Waals surface area contributed by atoms with Gasteiger partial charge in [-0.25, -0.2) is 14.4 Å². The first-order valence-corrected chi connectivity index (χ1v) is 14.9. The van der Waals surface area contributed by atoms with Crippen LogP contribution in [-0.2, 0) is 28.8 Å². The number of carbonyl (C=O) groups excluding carboxylic acids is 1. The molecule has 41 heavy (non-hydrogen) atoms. The van der Waals surface area contributed by atoms with Gasteiger partial charge in [-0.15, -0.1) is 11.3 Å². The molecule has 0 radical (unpaired) electrons. The molecule has 5 rings (SSSR count). The molecule has 2 aromatic heterocycles. The third-order valence-electron chi connectivity index (χ3n) is 6.99. The molecule has 2 aliphatic rings. The van der Waals surface area contributed by atoms with Crippen LogP contribution in [-0.4, -0.2) is 36.7 Å². The predicted molar refractivity (Wildman–Crippen MR) is 151 cm³/mol. The number of nitrogens with two attached hydrogens (primary N) is 1. The number of rotatable bonds is 5. The van der Waals surface area contributed by atoms with Gasteiger partial charge in [0.2, 0.25) is 0 Å². The van der Waals surface area contributed by atoms with E-state index < -0.39 is 27.3 Å². The molecular weight excluding hydrogens is 578 g/mol. The number of aliphatic imine (C=N–C) groups is 1. The van der Waals surface area contributed by atoms with E-state index in [0.717, 1.165) is 36.5 Å². The van der Waals surface area contributed by atoms with E-state index in [-0.39, 0.29) is 11.7 Å². The van der Waals surface area contributed by atoms with Crippen molar-refractivity contribution in [2.45, 2.75) is 43.7 Å². The summed E-state index contributed by atoms with van der Waals surface area (Å²) in [6.45, 7) is 1.54. The van der Waals surface area contributed by atoms with E-state index in [1.165, 1.54) is 18.3 Å². The summed E-state index contributed by atoms with van der Waals surface area (Å²) in [4.78, 5) is 20.5. The summed E-state index contributed by atoms with van der Waals surface area (Å²) in [6.07, 6.45) is 7.20. The lowest BCUT2D eigenvalue weighted by molar-refractivity contribution is -0.134. The molecule has 3 atom stereocenters. The summed E-state index contributed by atoms with van der Waals surface area (Å²) < 4.78 is 62.9. The van der Waals surface area contributed by atoms with Gasteiger partial charge < -0.3 is 10.5 Å². The van der Waals surface area contributed by atoms with Gasteiger partial charge in [0.1, 0.15) is 17.0 Å². The number of alkyl halides is 3. The monoisotopic (exact) mass is 607 g/mol. The van der Waals surface area contributed by atoms with Crippen molar-refractivity contribution in [3.05, 3.63) is 82.0 Å². The summed E-state index contributed by atoms with van der Waals surface area (Å²) in [6, 6.07) is 5.96. The Hall–Kier alpha value is -3.45. The number of halogens is 4. The number of carbonyl (C=O) groups is 1. The fourth-order valence-corrected chi connectivity index (χ4v) is 6.96. The minimum absolute atomic E-state index is 0.165. The van der Waals surface area contributed by atoms with Crippen LogP contribution >= 0.6 is 11.3 Å². The number of fused-ring (bicyclic) bond motifs is 1. The lowest BCUT2D eigenvalue weighted by Gasteiger charge is -2.42. The Labute approximate surface area is 241 Å². The molecule has 1 fully saturated rings. The number of nitrogens with zero attached hydrogens (tertiary/aromatic N) is 4. The minimum Gasteiger partial charge on any atom is -0.404 e. The lowest BCUT2D eigenvalue weighted by atomic mass is 9.61. The number of aryl methyl sites for hydroxylation is 2. The topological polar surface area (TPSA) is 103 Å². The standard InChI is InChI=1S/C23H25FN4O2S.C5H4F3NS/c1-28-13-21(12-26-28)31(30)14-16-2-3-18-8-22(27-20-6-4-19(24)5-7-20)17(11-25)10-23(18,9-16)15-29;1-3-9-2-4(10-3)5(6,7)8/h4-8,11-13,15-16H,2-3,9-10,14,25H2,1H3;2H,1H3/b17-11-,27-22?;. The lowest BCUT2D eigenvalue weighted by Crippen LogP contribution is -2.38. The van der Waals surface area contributed by atoms with E-state index in [9.17, 15) is 26.6 Å². The van der Waals surface area contributed by atoms with Crippen LogP contribution in [0, 0.1) is 24.1 Å². The molecule has 7 nitrogen and oxygen atoms in total. The van der Waals surface area contributed by atoms with E-state index in [4.69, 9.17) is 5.73 Å². The first kappa shape index (κ1) is 30.5. The molecule has 2 heterocycles.